The van der Waals surface area contributed by atoms with Crippen molar-refractivity contribution in [3.63, 3.8) is 0 Å². The van der Waals surface area contributed by atoms with E-state index in [0.29, 0.717) is 29.8 Å². The Hall–Kier alpha value is -2.22. The molecule has 21 heavy (non-hydrogen) atoms. The molecular formula is C13H20N8. The number of rotatable bonds is 4. The highest BCUT2D eigenvalue weighted by atomic mass is 15.4. The molecule has 1 aliphatic rings. The van der Waals surface area contributed by atoms with E-state index in [0.717, 1.165) is 6.42 Å². The SMILES string of the molecule is CC1CCCCC1Nc1nc(NN)nc(-n2ccnc2)n1. The normalized spacial score (nSPS) is 22.0. The largest absolute Gasteiger partial charge is 0.351 e. The fourth-order valence-electron chi connectivity index (χ4n) is 2.68. The second-order valence-corrected chi connectivity index (χ2v) is 5.41. The molecule has 2 aromatic heterocycles. The Morgan fingerprint density at radius 1 is 1.19 bits per heavy atom. The summed E-state index contributed by atoms with van der Waals surface area (Å²) in [4.78, 5) is 17.0. The number of hydrogen-bond acceptors (Lipinski definition) is 7. The minimum absolute atomic E-state index is 0.333. The van der Waals surface area contributed by atoms with Gasteiger partial charge in [-0.3, -0.25) is 9.99 Å². The Kier molecular flexibility index (Phi) is 3.96. The number of nitrogens with one attached hydrogen (secondary N) is 2. The van der Waals surface area contributed by atoms with Gasteiger partial charge in [0.2, 0.25) is 17.8 Å². The van der Waals surface area contributed by atoms with Crippen molar-refractivity contribution in [2.45, 2.75) is 38.6 Å². The Bertz CT molecular complexity index is 582. The number of hydrazine groups is 1. The highest BCUT2D eigenvalue weighted by molar-refractivity contribution is 5.38. The fraction of sp³-hybridized carbons (Fsp3) is 0.538. The van der Waals surface area contributed by atoms with Gasteiger partial charge in [-0.15, -0.1) is 0 Å². The summed E-state index contributed by atoms with van der Waals surface area (Å²) in [5.41, 5.74) is 2.48. The van der Waals surface area contributed by atoms with E-state index < -0.39 is 0 Å². The summed E-state index contributed by atoms with van der Waals surface area (Å²) in [6.07, 6.45) is 10.0. The minimum atomic E-state index is 0.333. The third-order valence-electron chi connectivity index (χ3n) is 3.91. The number of nitrogens with zero attached hydrogens (tertiary/aromatic N) is 5. The number of anilines is 2. The maximum absolute atomic E-state index is 5.45. The van der Waals surface area contributed by atoms with Crippen LogP contribution in [0.25, 0.3) is 5.95 Å². The fourth-order valence-corrected chi connectivity index (χ4v) is 2.68. The van der Waals surface area contributed by atoms with E-state index in [2.05, 4.69) is 37.6 Å². The topological polar surface area (TPSA) is 107 Å². The molecule has 0 aromatic carbocycles. The van der Waals surface area contributed by atoms with Crippen molar-refractivity contribution in [2.24, 2.45) is 11.8 Å². The van der Waals surface area contributed by atoms with Gasteiger partial charge in [0.25, 0.3) is 0 Å². The number of hydrogen-bond donors (Lipinski definition) is 3. The monoisotopic (exact) mass is 288 g/mol. The molecule has 2 atom stereocenters. The van der Waals surface area contributed by atoms with Gasteiger partial charge in [-0.2, -0.15) is 15.0 Å². The lowest BCUT2D eigenvalue weighted by Crippen LogP contribution is -2.31. The van der Waals surface area contributed by atoms with Crippen LogP contribution >= 0.6 is 0 Å². The van der Waals surface area contributed by atoms with Crippen LogP contribution < -0.4 is 16.6 Å². The second kappa shape index (κ2) is 6.04. The standard InChI is InChI=1S/C13H20N8/c1-9-4-2-3-5-10(9)16-11-17-12(20-14)19-13(18-11)21-7-6-15-8-21/h6-10H,2-5,14H2,1H3,(H2,16,17,18,19,20). The summed E-state index contributed by atoms with van der Waals surface area (Å²) in [5, 5.41) is 3.42. The number of nitrogens with two attached hydrogens (primary N) is 1. The van der Waals surface area contributed by atoms with E-state index in [1.54, 1.807) is 23.3 Å². The van der Waals surface area contributed by atoms with Crippen molar-refractivity contribution >= 4 is 11.9 Å². The first-order valence-electron chi connectivity index (χ1n) is 7.24. The second-order valence-electron chi connectivity index (χ2n) is 5.41. The molecule has 8 heteroatoms. The van der Waals surface area contributed by atoms with Crippen LogP contribution in [-0.4, -0.2) is 30.5 Å². The van der Waals surface area contributed by atoms with Crippen molar-refractivity contribution in [1.82, 2.24) is 24.5 Å². The average Bonchev–Trinajstić information content (AvgIpc) is 3.04. The van der Waals surface area contributed by atoms with Crippen LogP contribution in [0.2, 0.25) is 0 Å². The zero-order chi connectivity index (χ0) is 14.7. The van der Waals surface area contributed by atoms with Gasteiger partial charge in [0.1, 0.15) is 6.33 Å². The van der Waals surface area contributed by atoms with Crippen molar-refractivity contribution in [3.8, 4) is 5.95 Å². The molecule has 0 aliphatic heterocycles. The molecule has 0 bridgehead atoms. The quantitative estimate of drug-likeness (QED) is 0.575. The highest BCUT2D eigenvalue weighted by Crippen LogP contribution is 2.26. The maximum atomic E-state index is 5.45. The van der Waals surface area contributed by atoms with Crippen molar-refractivity contribution in [3.05, 3.63) is 18.7 Å². The predicted octanol–water partition coefficient (Wildman–Crippen LogP) is 1.33. The third kappa shape index (κ3) is 3.10. The lowest BCUT2D eigenvalue weighted by molar-refractivity contribution is 0.348. The van der Waals surface area contributed by atoms with Crippen LogP contribution in [0.15, 0.2) is 18.7 Å². The van der Waals surface area contributed by atoms with Gasteiger partial charge in [0.05, 0.1) is 0 Å². The Morgan fingerprint density at radius 2 is 2.00 bits per heavy atom. The van der Waals surface area contributed by atoms with Crippen molar-refractivity contribution < 1.29 is 0 Å². The lowest BCUT2D eigenvalue weighted by atomic mass is 9.86. The molecule has 0 radical (unpaired) electrons. The summed E-state index contributed by atoms with van der Waals surface area (Å²) < 4.78 is 1.72. The molecule has 2 aromatic rings. The van der Waals surface area contributed by atoms with Gasteiger partial charge in [0, 0.05) is 18.4 Å². The van der Waals surface area contributed by atoms with Crippen LogP contribution in [0, 0.1) is 5.92 Å². The van der Waals surface area contributed by atoms with E-state index >= 15 is 0 Å². The summed E-state index contributed by atoms with van der Waals surface area (Å²) in [5.74, 6) is 7.42. The number of imidazole rings is 1. The summed E-state index contributed by atoms with van der Waals surface area (Å²) in [7, 11) is 0. The molecule has 0 spiro atoms. The molecule has 0 saturated heterocycles. The molecule has 8 nitrogen and oxygen atoms in total. The Morgan fingerprint density at radius 3 is 2.71 bits per heavy atom. The first-order chi connectivity index (χ1) is 10.3. The van der Waals surface area contributed by atoms with E-state index in [4.69, 9.17) is 5.84 Å². The van der Waals surface area contributed by atoms with Crippen LogP contribution in [0.1, 0.15) is 32.6 Å². The summed E-state index contributed by atoms with van der Waals surface area (Å²) in [6.45, 7) is 2.26. The van der Waals surface area contributed by atoms with Crippen molar-refractivity contribution in [2.75, 3.05) is 10.7 Å². The van der Waals surface area contributed by atoms with Crippen LogP contribution in [0.4, 0.5) is 11.9 Å². The average molecular weight is 288 g/mol. The van der Waals surface area contributed by atoms with E-state index in [1.807, 2.05) is 0 Å². The van der Waals surface area contributed by atoms with Crippen molar-refractivity contribution in [1.29, 1.82) is 0 Å². The molecule has 2 heterocycles. The molecule has 112 valence electrons. The van der Waals surface area contributed by atoms with Gasteiger partial charge in [-0.1, -0.05) is 19.8 Å². The van der Waals surface area contributed by atoms with Gasteiger partial charge < -0.3 is 5.32 Å². The molecule has 0 amide bonds. The zero-order valence-corrected chi connectivity index (χ0v) is 12.0. The van der Waals surface area contributed by atoms with Gasteiger partial charge >= 0.3 is 0 Å². The first-order valence-corrected chi connectivity index (χ1v) is 7.24. The molecular weight excluding hydrogens is 268 g/mol. The highest BCUT2D eigenvalue weighted by Gasteiger charge is 2.22. The third-order valence-corrected chi connectivity index (χ3v) is 3.91. The Balaban J connectivity index is 1.85. The lowest BCUT2D eigenvalue weighted by Gasteiger charge is -2.29. The predicted molar refractivity (Wildman–Crippen MR) is 79.8 cm³/mol. The number of nitrogen functional groups attached to an aromatic ring is 1. The molecule has 3 rings (SSSR count). The number of aromatic nitrogens is 5. The van der Waals surface area contributed by atoms with E-state index in [9.17, 15) is 0 Å². The smallest absolute Gasteiger partial charge is 0.243 e. The van der Waals surface area contributed by atoms with Crippen LogP contribution in [0.5, 0.6) is 0 Å². The molecule has 1 aliphatic carbocycles. The summed E-state index contributed by atoms with van der Waals surface area (Å²) >= 11 is 0. The van der Waals surface area contributed by atoms with E-state index in [-0.39, 0.29) is 0 Å². The van der Waals surface area contributed by atoms with Gasteiger partial charge in [-0.05, 0) is 18.8 Å². The minimum Gasteiger partial charge on any atom is -0.351 e. The first kappa shape index (κ1) is 13.7. The van der Waals surface area contributed by atoms with Gasteiger partial charge in [-0.25, -0.2) is 10.8 Å². The van der Waals surface area contributed by atoms with Gasteiger partial charge in [0.15, 0.2) is 0 Å². The van der Waals surface area contributed by atoms with Crippen LogP contribution in [-0.2, 0) is 0 Å². The van der Waals surface area contributed by atoms with Crippen LogP contribution in [0.3, 0.4) is 0 Å². The molecule has 1 saturated carbocycles. The maximum Gasteiger partial charge on any atom is 0.243 e. The molecule has 4 N–H and O–H groups in total. The summed E-state index contributed by atoms with van der Waals surface area (Å²) in [6, 6.07) is 0.391. The molecule has 2 unspecified atom stereocenters. The molecule has 1 fully saturated rings. The Labute approximate surface area is 123 Å². The van der Waals surface area contributed by atoms with E-state index in [1.165, 1.54) is 19.3 Å². The zero-order valence-electron chi connectivity index (χ0n) is 12.0.